The second-order valence-electron chi connectivity index (χ2n) is 4.15. The average Bonchev–Trinajstić information content (AvgIpc) is 2.38. The highest BCUT2D eigenvalue weighted by Gasteiger charge is 2.35. The van der Waals surface area contributed by atoms with Crippen LogP contribution >= 0.6 is 11.6 Å². The van der Waals surface area contributed by atoms with E-state index in [1.165, 1.54) is 0 Å². The fourth-order valence-corrected chi connectivity index (χ4v) is 1.83. The van der Waals surface area contributed by atoms with Crippen LogP contribution in [-0.2, 0) is 13.2 Å². The number of hydrogen-bond donors (Lipinski definition) is 1. The molecule has 22 heavy (non-hydrogen) atoms. The van der Waals surface area contributed by atoms with Gasteiger partial charge in [0, 0.05) is 19.2 Å². The smallest absolute Gasteiger partial charge is 0.431 e. The van der Waals surface area contributed by atoms with Crippen molar-refractivity contribution in [3.63, 3.8) is 0 Å². The van der Waals surface area contributed by atoms with Crippen molar-refractivity contribution in [3.05, 3.63) is 49.6 Å². The first-order valence-electron chi connectivity index (χ1n) is 5.49. The molecule has 0 fully saturated rings. The Morgan fingerprint density at radius 1 is 1.27 bits per heavy atom. The summed E-state index contributed by atoms with van der Waals surface area (Å²) >= 11 is 5.45. The normalized spacial score (nSPS) is 11.7. The van der Waals surface area contributed by atoms with E-state index >= 15 is 0 Å². The highest BCUT2D eigenvalue weighted by Crippen LogP contribution is 2.27. The van der Waals surface area contributed by atoms with Crippen molar-refractivity contribution in [2.45, 2.75) is 6.18 Å². The summed E-state index contributed by atoms with van der Waals surface area (Å²) in [6.45, 7) is 0. The van der Waals surface area contributed by atoms with E-state index < -0.39 is 45.7 Å². The van der Waals surface area contributed by atoms with Crippen LogP contribution in [0.25, 0.3) is 5.82 Å². The quantitative estimate of drug-likeness (QED) is 0.630. The van der Waals surface area contributed by atoms with Gasteiger partial charge in [-0.3, -0.25) is 9.36 Å². The van der Waals surface area contributed by atoms with Crippen LogP contribution in [0.1, 0.15) is 5.69 Å². The topological polar surface area (TPSA) is 77.1 Å². The minimum absolute atomic E-state index is 0.0793. The predicted octanol–water partition coefficient (Wildman–Crippen LogP) is 1.45. The Balaban J connectivity index is 2.85. The number of aromatic hydroxyl groups is 1. The fraction of sp³-hybridized carbons (Fsp3) is 0.182. The molecule has 0 saturated heterocycles. The van der Waals surface area contributed by atoms with Crippen molar-refractivity contribution in [1.29, 1.82) is 0 Å². The van der Waals surface area contributed by atoms with Crippen LogP contribution in [0.4, 0.5) is 17.6 Å². The third-order valence-corrected chi connectivity index (χ3v) is 2.99. The van der Waals surface area contributed by atoms with E-state index in [1.807, 2.05) is 0 Å². The van der Waals surface area contributed by atoms with Crippen molar-refractivity contribution >= 4 is 11.6 Å². The van der Waals surface area contributed by atoms with Gasteiger partial charge in [0.05, 0.1) is 0 Å². The van der Waals surface area contributed by atoms with Crippen molar-refractivity contribution in [1.82, 2.24) is 14.1 Å². The number of rotatable bonds is 1. The van der Waals surface area contributed by atoms with Crippen LogP contribution in [0.5, 0.6) is 5.75 Å². The van der Waals surface area contributed by atoms with E-state index in [4.69, 9.17) is 16.7 Å². The Hall–Kier alpha value is -2.36. The highest BCUT2D eigenvalue weighted by molar-refractivity contribution is 6.30. The SMILES string of the molecule is Cn1c(C(F)(F)F)cc(=O)n(-c2nc(Cl)c(O)cc2F)c1=O. The lowest BCUT2D eigenvalue weighted by atomic mass is 10.3. The minimum atomic E-state index is -4.94. The lowest BCUT2D eigenvalue weighted by Crippen LogP contribution is -2.41. The van der Waals surface area contributed by atoms with Gasteiger partial charge in [0.2, 0.25) is 0 Å². The van der Waals surface area contributed by atoms with Crippen molar-refractivity contribution in [2.75, 3.05) is 0 Å². The summed E-state index contributed by atoms with van der Waals surface area (Å²) < 4.78 is 52.0. The van der Waals surface area contributed by atoms with E-state index in [0.717, 1.165) is 7.05 Å². The number of nitrogens with zero attached hydrogens (tertiary/aromatic N) is 3. The molecule has 0 aliphatic rings. The van der Waals surface area contributed by atoms with Crippen molar-refractivity contribution in [2.24, 2.45) is 7.05 Å². The first-order chi connectivity index (χ1) is 10.0. The molecule has 0 saturated carbocycles. The van der Waals surface area contributed by atoms with Crippen LogP contribution in [0, 0.1) is 5.82 Å². The summed E-state index contributed by atoms with van der Waals surface area (Å²) in [5.41, 5.74) is -4.40. The Morgan fingerprint density at radius 3 is 2.41 bits per heavy atom. The zero-order valence-electron chi connectivity index (χ0n) is 10.6. The Bertz CT molecular complexity index is 873. The zero-order valence-corrected chi connectivity index (χ0v) is 11.4. The maximum absolute atomic E-state index is 13.7. The summed E-state index contributed by atoms with van der Waals surface area (Å²) in [5.74, 6) is -2.97. The third kappa shape index (κ3) is 2.56. The average molecular weight is 340 g/mol. The lowest BCUT2D eigenvalue weighted by molar-refractivity contribution is -0.144. The van der Waals surface area contributed by atoms with Gasteiger partial charge < -0.3 is 5.11 Å². The molecule has 0 atom stereocenters. The molecule has 0 unspecified atom stereocenters. The molecular weight excluding hydrogens is 334 g/mol. The van der Waals surface area contributed by atoms with Crippen molar-refractivity contribution < 1.29 is 22.7 Å². The van der Waals surface area contributed by atoms with Crippen molar-refractivity contribution in [3.8, 4) is 11.6 Å². The van der Waals surface area contributed by atoms with Crippen LogP contribution in [0.15, 0.2) is 21.7 Å². The van der Waals surface area contributed by atoms with Gasteiger partial charge >= 0.3 is 11.9 Å². The summed E-state index contributed by atoms with van der Waals surface area (Å²) in [5, 5.41) is 8.54. The molecule has 6 nitrogen and oxygen atoms in total. The molecule has 2 rings (SSSR count). The molecule has 0 amide bonds. The first-order valence-corrected chi connectivity index (χ1v) is 5.87. The number of pyridine rings is 1. The summed E-state index contributed by atoms with van der Waals surface area (Å²) in [6.07, 6.45) is -4.94. The zero-order chi connectivity index (χ0) is 16.8. The number of alkyl halides is 3. The predicted molar refractivity (Wildman–Crippen MR) is 66.7 cm³/mol. The molecule has 2 heterocycles. The van der Waals surface area contributed by atoms with E-state index in [0.29, 0.717) is 6.07 Å². The third-order valence-electron chi connectivity index (χ3n) is 2.71. The molecule has 2 aromatic heterocycles. The summed E-state index contributed by atoms with van der Waals surface area (Å²) in [4.78, 5) is 27.0. The Morgan fingerprint density at radius 2 is 1.86 bits per heavy atom. The summed E-state index contributed by atoms with van der Waals surface area (Å²) in [6, 6.07) is 0.609. The van der Waals surface area contributed by atoms with Crippen LogP contribution in [-0.4, -0.2) is 19.2 Å². The largest absolute Gasteiger partial charge is 0.505 e. The monoisotopic (exact) mass is 339 g/mol. The van der Waals surface area contributed by atoms with Crippen LogP contribution in [0.3, 0.4) is 0 Å². The molecule has 1 N–H and O–H groups in total. The van der Waals surface area contributed by atoms with Gasteiger partial charge in [-0.2, -0.15) is 13.2 Å². The van der Waals surface area contributed by atoms with Crippen LogP contribution in [0.2, 0.25) is 5.15 Å². The maximum Gasteiger partial charge on any atom is 0.431 e. The number of hydrogen-bond acceptors (Lipinski definition) is 4. The first kappa shape index (κ1) is 16.0. The van der Waals surface area contributed by atoms with Gasteiger partial charge in [0.25, 0.3) is 5.56 Å². The second kappa shape index (κ2) is 5.13. The molecule has 0 aromatic carbocycles. The molecular formula is C11H6ClF4N3O3. The van der Waals surface area contributed by atoms with Gasteiger partial charge in [0.15, 0.2) is 22.5 Å². The lowest BCUT2D eigenvalue weighted by Gasteiger charge is -2.13. The van der Waals surface area contributed by atoms with Gasteiger partial charge in [-0.25, -0.2) is 18.7 Å². The number of halogens is 5. The second-order valence-corrected chi connectivity index (χ2v) is 4.50. The van der Waals surface area contributed by atoms with E-state index in [9.17, 15) is 27.2 Å². The standard InChI is InChI=1S/C11H6ClF4N3O3/c1-18-6(11(14,15)16)3-7(21)19(10(18)22)9-4(13)2-5(20)8(12)17-9/h2-3,20H,1H3. The number of aromatic nitrogens is 3. The van der Waals surface area contributed by atoms with E-state index in [1.54, 1.807) is 0 Å². The molecule has 0 spiro atoms. The Kier molecular flexibility index (Phi) is 3.73. The van der Waals surface area contributed by atoms with Crippen LogP contribution < -0.4 is 11.2 Å². The maximum atomic E-state index is 13.7. The molecule has 0 radical (unpaired) electrons. The molecule has 0 bridgehead atoms. The van der Waals surface area contributed by atoms with Gasteiger partial charge in [-0.15, -0.1) is 0 Å². The molecule has 0 aliphatic carbocycles. The minimum Gasteiger partial charge on any atom is -0.505 e. The molecule has 2 aromatic rings. The molecule has 0 aliphatic heterocycles. The van der Waals surface area contributed by atoms with Gasteiger partial charge in [-0.05, 0) is 0 Å². The van der Waals surface area contributed by atoms with Gasteiger partial charge in [0.1, 0.15) is 5.69 Å². The van der Waals surface area contributed by atoms with E-state index in [-0.39, 0.29) is 15.2 Å². The molecule has 118 valence electrons. The van der Waals surface area contributed by atoms with E-state index in [2.05, 4.69) is 4.98 Å². The fourth-order valence-electron chi connectivity index (χ4n) is 1.70. The van der Waals surface area contributed by atoms with Gasteiger partial charge in [-0.1, -0.05) is 11.6 Å². The molecule has 11 heteroatoms. The highest BCUT2D eigenvalue weighted by atomic mass is 35.5. The Labute approximate surface area is 123 Å². The summed E-state index contributed by atoms with van der Waals surface area (Å²) in [7, 11) is 0.765.